The van der Waals surface area contributed by atoms with Crippen molar-refractivity contribution in [3.8, 4) is 17.0 Å². The number of ether oxygens (including phenoxy) is 1. The lowest BCUT2D eigenvalue weighted by atomic mass is 10.1. The quantitative estimate of drug-likeness (QED) is 0.428. The zero-order chi connectivity index (χ0) is 14.6. The van der Waals surface area contributed by atoms with Crippen LogP contribution in [0.2, 0.25) is 0 Å². The first-order chi connectivity index (χ1) is 10.3. The predicted molar refractivity (Wildman–Crippen MR) is 82.3 cm³/mol. The molecule has 0 radical (unpaired) electrons. The van der Waals surface area contributed by atoms with Crippen molar-refractivity contribution in [2.75, 3.05) is 7.11 Å². The zero-order valence-electron chi connectivity index (χ0n) is 11.8. The van der Waals surface area contributed by atoms with Gasteiger partial charge in [0.2, 0.25) is 0 Å². The number of benzene rings is 2. The van der Waals surface area contributed by atoms with Crippen molar-refractivity contribution in [3.63, 3.8) is 0 Å². The predicted octanol–water partition coefficient (Wildman–Crippen LogP) is 3.39. The maximum atomic E-state index is 9.53. The van der Waals surface area contributed by atoms with Gasteiger partial charge in [0.25, 0.3) is 0 Å². The highest BCUT2D eigenvalue weighted by atomic mass is 16.5. The molecule has 0 atom stereocenters. The Labute approximate surface area is 121 Å². The largest absolute Gasteiger partial charge is 0.497 e. The fourth-order valence-corrected chi connectivity index (χ4v) is 3.24. The average Bonchev–Trinajstić information content (AvgIpc) is 3.01. The van der Waals surface area contributed by atoms with Crippen molar-refractivity contribution in [1.29, 1.82) is 0 Å². The number of aryl methyl sites for hydroxylation is 1. The Bertz CT molecular complexity index is 907. The van der Waals surface area contributed by atoms with Gasteiger partial charge in [-0.25, -0.2) is 0 Å². The first-order valence-corrected chi connectivity index (χ1v) is 6.75. The van der Waals surface area contributed by atoms with Crippen LogP contribution in [0.5, 0.6) is 5.75 Å². The van der Waals surface area contributed by atoms with Crippen LogP contribution in [0.1, 0.15) is 11.1 Å². The number of nitrogens with zero attached hydrogens (tertiary/aromatic N) is 2. The van der Waals surface area contributed by atoms with E-state index in [0.717, 1.165) is 39.0 Å². The van der Waals surface area contributed by atoms with Crippen LogP contribution in [0.3, 0.4) is 0 Å². The van der Waals surface area contributed by atoms with E-state index in [4.69, 9.17) is 4.74 Å². The van der Waals surface area contributed by atoms with Crippen molar-refractivity contribution < 1.29 is 9.94 Å². The van der Waals surface area contributed by atoms with Crippen LogP contribution in [0.15, 0.2) is 47.6 Å². The van der Waals surface area contributed by atoms with Gasteiger partial charge >= 0.3 is 0 Å². The first-order valence-electron chi connectivity index (χ1n) is 6.75. The third-order valence-electron chi connectivity index (χ3n) is 4.18. The Hall–Kier alpha value is -2.75. The van der Waals surface area contributed by atoms with Crippen molar-refractivity contribution in [1.82, 2.24) is 4.57 Å². The molecule has 1 N–H and O–H groups in total. The maximum Gasteiger partial charge on any atom is 0.120 e. The Morgan fingerprint density at radius 1 is 1.10 bits per heavy atom. The first kappa shape index (κ1) is 12.0. The number of rotatable bonds is 1. The van der Waals surface area contributed by atoms with Gasteiger partial charge in [0.05, 0.1) is 12.8 Å². The number of hydrogen-bond donors (Lipinski definition) is 1. The molecule has 3 aromatic rings. The molecular weight excluding hydrogens is 264 g/mol. The number of fused-ring (bicyclic) bond motifs is 5. The monoisotopic (exact) mass is 278 g/mol. The molecule has 0 bridgehead atoms. The van der Waals surface area contributed by atoms with Crippen LogP contribution in [0, 0.1) is 0 Å². The summed E-state index contributed by atoms with van der Waals surface area (Å²) in [5.41, 5.74) is 5.78. The van der Waals surface area contributed by atoms with E-state index < -0.39 is 0 Å². The number of aromatic nitrogens is 1. The van der Waals surface area contributed by atoms with E-state index in [1.165, 1.54) is 0 Å². The third-order valence-corrected chi connectivity index (χ3v) is 4.18. The molecule has 4 rings (SSSR count). The summed E-state index contributed by atoms with van der Waals surface area (Å²) >= 11 is 0. The molecule has 0 amide bonds. The molecular formula is C17H14N2O2. The van der Waals surface area contributed by atoms with E-state index in [-0.39, 0.29) is 0 Å². The summed E-state index contributed by atoms with van der Waals surface area (Å²) in [5.74, 6) is 0.756. The molecule has 1 aliphatic carbocycles. The van der Waals surface area contributed by atoms with Crippen LogP contribution >= 0.6 is 0 Å². The topological polar surface area (TPSA) is 46.8 Å². The molecule has 104 valence electrons. The summed E-state index contributed by atoms with van der Waals surface area (Å²) in [6.45, 7) is 0. The summed E-state index contributed by atoms with van der Waals surface area (Å²) in [7, 11) is 3.67. The van der Waals surface area contributed by atoms with Crippen molar-refractivity contribution in [2.45, 2.75) is 0 Å². The molecule has 21 heavy (non-hydrogen) atoms. The fourth-order valence-electron chi connectivity index (χ4n) is 3.24. The SMILES string of the molecule is COc1ccc2c(c1)/C(=N/O)c1c-2n(C)c2ccccc12. The lowest BCUT2D eigenvalue weighted by molar-refractivity contribution is 0.320. The van der Waals surface area contributed by atoms with E-state index in [1.54, 1.807) is 7.11 Å². The molecule has 4 nitrogen and oxygen atoms in total. The van der Waals surface area contributed by atoms with Gasteiger partial charge in [-0.05, 0) is 24.3 Å². The Morgan fingerprint density at radius 2 is 1.90 bits per heavy atom. The van der Waals surface area contributed by atoms with Crippen LogP contribution in [-0.2, 0) is 7.05 Å². The molecule has 0 saturated carbocycles. The Balaban J connectivity index is 2.15. The molecule has 0 fully saturated rings. The maximum absolute atomic E-state index is 9.53. The molecule has 0 unspecified atom stereocenters. The van der Waals surface area contributed by atoms with Gasteiger partial charge in [-0.15, -0.1) is 0 Å². The molecule has 1 aromatic heterocycles. The van der Waals surface area contributed by atoms with Gasteiger partial charge in [0.1, 0.15) is 11.5 Å². The Morgan fingerprint density at radius 3 is 2.67 bits per heavy atom. The van der Waals surface area contributed by atoms with Crippen LogP contribution in [-0.4, -0.2) is 22.6 Å². The second-order valence-corrected chi connectivity index (χ2v) is 5.16. The van der Waals surface area contributed by atoms with Gasteiger partial charge in [0, 0.05) is 34.6 Å². The minimum atomic E-state index is 0.607. The van der Waals surface area contributed by atoms with Crippen LogP contribution < -0.4 is 4.74 Å². The van der Waals surface area contributed by atoms with Gasteiger partial charge in [-0.1, -0.05) is 23.4 Å². The highest BCUT2D eigenvalue weighted by Crippen LogP contribution is 2.43. The second kappa shape index (κ2) is 4.12. The molecule has 0 aliphatic heterocycles. The molecule has 0 spiro atoms. The molecule has 1 heterocycles. The summed E-state index contributed by atoms with van der Waals surface area (Å²) < 4.78 is 7.43. The Kier molecular flexibility index (Phi) is 2.36. The fraction of sp³-hybridized carbons (Fsp3) is 0.118. The van der Waals surface area contributed by atoms with Gasteiger partial charge in [-0.3, -0.25) is 0 Å². The van der Waals surface area contributed by atoms with Crippen molar-refractivity contribution in [3.05, 3.63) is 53.6 Å². The summed E-state index contributed by atoms with van der Waals surface area (Å²) in [6.07, 6.45) is 0. The molecule has 0 saturated heterocycles. The van der Waals surface area contributed by atoms with Gasteiger partial charge in [-0.2, -0.15) is 0 Å². The number of oxime groups is 1. The highest BCUT2D eigenvalue weighted by molar-refractivity contribution is 6.29. The lowest BCUT2D eigenvalue weighted by Gasteiger charge is -2.07. The van der Waals surface area contributed by atoms with Crippen molar-refractivity contribution in [2.24, 2.45) is 12.2 Å². The van der Waals surface area contributed by atoms with E-state index in [2.05, 4.69) is 21.9 Å². The summed E-state index contributed by atoms with van der Waals surface area (Å²) in [4.78, 5) is 0. The summed E-state index contributed by atoms with van der Waals surface area (Å²) in [6, 6.07) is 14.0. The van der Waals surface area contributed by atoms with Crippen LogP contribution in [0.25, 0.3) is 22.2 Å². The minimum absolute atomic E-state index is 0.607. The third kappa shape index (κ3) is 1.41. The molecule has 2 aromatic carbocycles. The van der Waals surface area contributed by atoms with E-state index in [9.17, 15) is 5.21 Å². The number of para-hydroxylation sites is 1. The number of hydrogen-bond acceptors (Lipinski definition) is 3. The number of methoxy groups -OCH3 is 1. The van der Waals surface area contributed by atoms with Gasteiger partial charge < -0.3 is 14.5 Å². The highest BCUT2D eigenvalue weighted by Gasteiger charge is 2.31. The van der Waals surface area contributed by atoms with E-state index in [1.807, 2.05) is 37.4 Å². The summed E-state index contributed by atoms with van der Waals surface area (Å²) in [5, 5.41) is 14.2. The van der Waals surface area contributed by atoms with E-state index in [0.29, 0.717) is 5.71 Å². The molecule has 1 aliphatic rings. The minimum Gasteiger partial charge on any atom is -0.497 e. The normalized spacial score (nSPS) is 14.5. The zero-order valence-corrected chi connectivity index (χ0v) is 11.8. The molecule has 4 heteroatoms. The van der Waals surface area contributed by atoms with Gasteiger partial charge in [0.15, 0.2) is 0 Å². The second-order valence-electron chi connectivity index (χ2n) is 5.16. The smallest absolute Gasteiger partial charge is 0.120 e. The average molecular weight is 278 g/mol. The lowest BCUT2D eigenvalue weighted by Crippen LogP contribution is -1.98. The van der Waals surface area contributed by atoms with E-state index >= 15 is 0 Å². The van der Waals surface area contributed by atoms with Crippen molar-refractivity contribution >= 4 is 16.6 Å². The standard InChI is InChI=1S/C17H14N2O2/c1-19-14-6-4-3-5-12(14)15-16(18-20)13-9-10(21-2)7-8-11(13)17(15)19/h3-9,20H,1-2H3/b18-16-. The van der Waals surface area contributed by atoms with Crippen LogP contribution in [0.4, 0.5) is 0 Å².